The van der Waals surface area contributed by atoms with Crippen LogP contribution in [0.4, 0.5) is 16.0 Å². The number of nitrogens with one attached hydrogen (secondary N) is 1. The zero-order valence-corrected chi connectivity index (χ0v) is 16.0. The average Bonchev–Trinajstić information content (AvgIpc) is 2.67. The first kappa shape index (κ1) is 19.5. The van der Waals surface area contributed by atoms with Crippen molar-refractivity contribution >= 4 is 17.5 Å². The molecule has 0 saturated carbocycles. The molecule has 1 N–H and O–H groups in total. The fourth-order valence-corrected chi connectivity index (χ4v) is 2.87. The van der Waals surface area contributed by atoms with Gasteiger partial charge < -0.3 is 10.2 Å². The number of rotatable bonds is 7. The second-order valence-electron chi connectivity index (χ2n) is 6.84. The van der Waals surface area contributed by atoms with Gasteiger partial charge in [0.1, 0.15) is 5.82 Å². The van der Waals surface area contributed by atoms with Crippen molar-refractivity contribution in [2.24, 2.45) is 0 Å². The van der Waals surface area contributed by atoms with Gasteiger partial charge in [-0.3, -0.25) is 4.79 Å². The highest BCUT2D eigenvalue weighted by Crippen LogP contribution is 2.18. The van der Waals surface area contributed by atoms with E-state index in [0.717, 1.165) is 12.4 Å². The van der Waals surface area contributed by atoms with Crippen LogP contribution in [0.25, 0.3) is 0 Å². The van der Waals surface area contributed by atoms with Crippen LogP contribution in [-0.2, 0) is 17.8 Å². The fraction of sp³-hybridized carbons (Fsp3) is 0.227. The molecule has 0 spiro atoms. The molecule has 144 valence electrons. The van der Waals surface area contributed by atoms with E-state index in [4.69, 9.17) is 0 Å². The van der Waals surface area contributed by atoms with E-state index in [0.29, 0.717) is 11.4 Å². The highest BCUT2D eigenvalue weighted by atomic mass is 19.1. The lowest BCUT2D eigenvalue weighted by molar-refractivity contribution is -0.115. The van der Waals surface area contributed by atoms with Gasteiger partial charge in [-0.2, -0.15) is 0 Å². The minimum atomic E-state index is -0.360. The normalized spacial score (nSPS) is 10.7. The maximum atomic E-state index is 13.2. The molecule has 0 aliphatic heterocycles. The molecule has 1 aromatic heterocycles. The summed E-state index contributed by atoms with van der Waals surface area (Å²) in [7, 11) is 0. The first-order valence-corrected chi connectivity index (χ1v) is 9.20. The van der Waals surface area contributed by atoms with Crippen molar-refractivity contribution in [1.82, 2.24) is 10.2 Å². The van der Waals surface area contributed by atoms with Gasteiger partial charge in [0.05, 0.1) is 6.42 Å². The number of amides is 1. The largest absolute Gasteiger partial charge is 0.348 e. The van der Waals surface area contributed by atoms with E-state index in [1.807, 2.05) is 24.3 Å². The molecular formula is C22H23FN4O. The van der Waals surface area contributed by atoms with Gasteiger partial charge in [-0.05, 0) is 49.2 Å². The Morgan fingerprint density at radius 2 is 1.75 bits per heavy atom. The standard InChI is InChI=1S/C22H23FN4O/c1-16(2)27(15-17-7-4-3-5-8-17)21-12-11-20(25-26-21)24-22(28)14-18-9-6-10-19(23)13-18/h3-13,16H,14-15H2,1-2H3,(H,24,25,28). The van der Waals surface area contributed by atoms with Gasteiger partial charge in [0.25, 0.3) is 0 Å². The third-order valence-electron chi connectivity index (χ3n) is 4.29. The predicted octanol–water partition coefficient (Wildman–Crippen LogP) is 4.21. The fourth-order valence-electron chi connectivity index (χ4n) is 2.87. The molecule has 6 heteroatoms. The molecule has 28 heavy (non-hydrogen) atoms. The van der Waals surface area contributed by atoms with E-state index in [2.05, 4.69) is 46.4 Å². The van der Waals surface area contributed by atoms with Crippen molar-refractivity contribution in [1.29, 1.82) is 0 Å². The Bertz CT molecular complexity index is 913. The first-order valence-electron chi connectivity index (χ1n) is 9.20. The Kier molecular flexibility index (Phi) is 6.32. The maximum Gasteiger partial charge on any atom is 0.229 e. The Morgan fingerprint density at radius 3 is 2.39 bits per heavy atom. The average molecular weight is 378 g/mol. The van der Waals surface area contributed by atoms with E-state index in [1.54, 1.807) is 18.2 Å². The van der Waals surface area contributed by atoms with Gasteiger partial charge in [0.2, 0.25) is 5.91 Å². The molecule has 2 aromatic carbocycles. The molecule has 1 heterocycles. The number of hydrogen-bond donors (Lipinski definition) is 1. The molecule has 0 aliphatic carbocycles. The summed E-state index contributed by atoms with van der Waals surface area (Å²) in [6.45, 7) is 4.91. The summed E-state index contributed by atoms with van der Waals surface area (Å²) >= 11 is 0. The van der Waals surface area contributed by atoms with Crippen molar-refractivity contribution in [3.8, 4) is 0 Å². The predicted molar refractivity (Wildman–Crippen MR) is 109 cm³/mol. The van der Waals surface area contributed by atoms with Gasteiger partial charge in [0.15, 0.2) is 11.6 Å². The summed E-state index contributed by atoms with van der Waals surface area (Å²) in [5.74, 6) is 0.481. The van der Waals surface area contributed by atoms with Crippen molar-refractivity contribution in [2.45, 2.75) is 32.9 Å². The van der Waals surface area contributed by atoms with Crippen molar-refractivity contribution in [3.63, 3.8) is 0 Å². The summed E-state index contributed by atoms with van der Waals surface area (Å²) in [4.78, 5) is 14.3. The van der Waals surface area contributed by atoms with Crippen LogP contribution >= 0.6 is 0 Å². The van der Waals surface area contributed by atoms with E-state index in [9.17, 15) is 9.18 Å². The summed E-state index contributed by atoms with van der Waals surface area (Å²) < 4.78 is 13.2. The van der Waals surface area contributed by atoms with E-state index < -0.39 is 0 Å². The van der Waals surface area contributed by atoms with E-state index in [-0.39, 0.29) is 24.2 Å². The summed E-state index contributed by atoms with van der Waals surface area (Å²) in [5.41, 5.74) is 1.79. The van der Waals surface area contributed by atoms with Crippen LogP contribution in [0, 0.1) is 5.82 Å². The number of carbonyl (C=O) groups excluding carboxylic acids is 1. The van der Waals surface area contributed by atoms with Crippen LogP contribution in [0.5, 0.6) is 0 Å². The Morgan fingerprint density at radius 1 is 1.00 bits per heavy atom. The molecule has 5 nitrogen and oxygen atoms in total. The zero-order valence-electron chi connectivity index (χ0n) is 16.0. The minimum Gasteiger partial charge on any atom is -0.348 e. The number of hydrogen-bond acceptors (Lipinski definition) is 4. The van der Waals surface area contributed by atoms with Crippen molar-refractivity contribution in [2.75, 3.05) is 10.2 Å². The van der Waals surface area contributed by atoms with Crippen LogP contribution in [0.2, 0.25) is 0 Å². The monoisotopic (exact) mass is 378 g/mol. The Hall–Kier alpha value is -3.28. The lowest BCUT2D eigenvalue weighted by Gasteiger charge is -2.27. The van der Waals surface area contributed by atoms with Crippen LogP contribution in [0.15, 0.2) is 66.7 Å². The second kappa shape index (κ2) is 9.08. The highest BCUT2D eigenvalue weighted by molar-refractivity contribution is 5.91. The molecule has 0 atom stereocenters. The SMILES string of the molecule is CC(C)N(Cc1ccccc1)c1ccc(NC(=O)Cc2cccc(F)c2)nn1. The number of benzene rings is 2. The van der Waals surface area contributed by atoms with Gasteiger partial charge in [0, 0.05) is 12.6 Å². The minimum absolute atomic E-state index is 0.0767. The van der Waals surface area contributed by atoms with Gasteiger partial charge in [-0.25, -0.2) is 4.39 Å². The van der Waals surface area contributed by atoms with Gasteiger partial charge >= 0.3 is 0 Å². The molecule has 0 fully saturated rings. The number of aromatic nitrogens is 2. The Labute approximate surface area is 164 Å². The Balaban J connectivity index is 1.65. The topological polar surface area (TPSA) is 58.1 Å². The summed E-state index contributed by atoms with van der Waals surface area (Å²) in [5, 5.41) is 11.1. The molecule has 1 amide bonds. The van der Waals surface area contributed by atoms with Crippen LogP contribution in [-0.4, -0.2) is 22.1 Å². The number of anilines is 2. The van der Waals surface area contributed by atoms with Crippen LogP contribution < -0.4 is 10.2 Å². The lowest BCUT2D eigenvalue weighted by atomic mass is 10.1. The third-order valence-corrected chi connectivity index (χ3v) is 4.29. The second-order valence-corrected chi connectivity index (χ2v) is 6.84. The smallest absolute Gasteiger partial charge is 0.229 e. The number of nitrogens with zero attached hydrogens (tertiary/aromatic N) is 3. The highest BCUT2D eigenvalue weighted by Gasteiger charge is 2.14. The van der Waals surface area contributed by atoms with E-state index in [1.165, 1.54) is 17.7 Å². The number of halogens is 1. The lowest BCUT2D eigenvalue weighted by Crippen LogP contribution is -2.31. The molecule has 3 aromatic rings. The molecule has 3 rings (SSSR count). The van der Waals surface area contributed by atoms with Crippen molar-refractivity contribution < 1.29 is 9.18 Å². The van der Waals surface area contributed by atoms with Gasteiger partial charge in [-0.15, -0.1) is 10.2 Å². The quantitative estimate of drug-likeness (QED) is 0.669. The molecule has 0 unspecified atom stereocenters. The molecule has 0 bridgehead atoms. The number of carbonyl (C=O) groups is 1. The summed E-state index contributed by atoms with van der Waals surface area (Å²) in [6, 6.07) is 20.0. The maximum absolute atomic E-state index is 13.2. The molecule has 0 aliphatic rings. The molecular weight excluding hydrogens is 355 g/mol. The molecule has 0 saturated heterocycles. The van der Waals surface area contributed by atoms with Crippen LogP contribution in [0.3, 0.4) is 0 Å². The van der Waals surface area contributed by atoms with Gasteiger partial charge in [-0.1, -0.05) is 42.5 Å². The van der Waals surface area contributed by atoms with E-state index >= 15 is 0 Å². The first-order chi connectivity index (χ1) is 13.5. The zero-order chi connectivity index (χ0) is 19.9. The molecule has 0 radical (unpaired) electrons. The van der Waals surface area contributed by atoms with Crippen LogP contribution in [0.1, 0.15) is 25.0 Å². The van der Waals surface area contributed by atoms with Crippen molar-refractivity contribution in [3.05, 3.63) is 83.7 Å². The third kappa shape index (κ3) is 5.36. The summed E-state index contributed by atoms with van der Waals surface area (Å²) in [6.07, 6.45) is 0.0767.